The molecule has 1 aliphatic carbocycles. The highest BCUT2D eigenvalue weighted by Crippen LogP contribution is 2.41. The summed E-state index contributed by atoms with van der Waals surface area (Å²) in [5.74, 6) is 0.585. The van der Waals surface area contributed by atoms with Crippen molar-refractivity contribution in [3.63, 3.8) is 0 Å². The van der Waals surface area contributed by atoms with Gasteiger partial charge in [-0.25, -0.2) is 4.39 Å². The minimum absolute atomic E-state index is 0.00552. The van der Waals surface area contributed by atoms with Crippen LogP contribution in [0.5, 0.6) is 5.75 Å². The van der Waals surface area contributed by atoms with Crippen molar-refractivity contribution in [2.75, 3.05) is 46.4 Å². The summed E-state index contributed by atoms with van der Waals surface area (Å²) in [6.07, 6.45) is 2.65. The summed E-state index contributed by atoms with van der Waals surface area (Å²) in [7, 11) is 2.06. The molecule has 2 aliphatic heterocycles. The second-order valence-corrected chi connectivity index (χ2v) is 9.34. The Morgan fingerprint density at radius 1 is 1.00 bits per heavy atom. The van der Waals surface area contributed by atoms with Gasteiger partial charge >= 0.3 is 0 Å². The van der Waals surface area contributed by atoms with Gasteiger partial charge in [-0.05, 0) is 67.3 Å². The molecule has 1 atom stereocenters. The number of piperazine rings is 1. The van der Waals surface area contributed by atoms with Crippen LogP contribution in [0, 0.1) is 11.7 Å². The van der Waals surface area contributed by atoms with Gasteiger partial charge in [0.1, 0.15) is 11.6 Å². The number of carbonyl (C=O) groups is 2. The fourth-order valence-electron chi connectivity index (χ4n) is 4.78. The smallest absolute Gasteiger partial charge is 0.260 e. The predicted octanol–water partition coefficient (Wildman–Crippen LogP) is 2.86. The zero-order valence-corrected chi connectivity index (χ0v) is 19.0. The van der Waals surface area contributed by atoms with Crippen LogP contribution in [0.15, 0.2) is 42.5 Å². The van der Waals surface area contributed by atoms with Gasteiger partial charge in [-0.1, -0.05) is 18.2 Å². The van der Waals surface area contributed by atoms with Crippen LogP contribution in [0.1, 0.15) is 35.6 Å². The topological polar surface area (TPSA) is 53.1 Å². The van der Waals surface area contributed by atoms with E-state index in [2.05, 4.69) is 11.9 Å². The molecule has 2 fully saturated rings. The molecule has 1 saturated carbocycles. The minimum atomic E-state index is -0.297. The van der Waals surface area contributed by atoms with Crippen molar-refractivity contribution in [1.29, 1.82) is 0 Å². The summed E-state index contributed by atoms with van der Waals surface area (Å²) in [5, 5.41) is 0. The predicted molar refractivity (Wildman–Crippen MR) is 122 cm³/mol. The molecule has 1 saturated heterocycles. The lowest BCUT2D eigenvalue weighted by atomic mass is 9.87. The Labute approximate surface area is 193 Å². The highest BCUT2D eigenvalue weighted by Gasteiger charge is 2.39. The molecular formula is C26H30FN3O3. The number of hydrogen-bond donors (Lipinski definition) is 0. The van der Waals surface area contributed by atoms with Gasteiger partial charge in [0.15, 0.2) is 6.61 Å². The molecule has 1 unspecified atom stereocenters. The molecule has 2 aromatic carbocycles. The number of halogens is 1. The van der Waals surface area contributed by atoms with E-state index in [0.29, 0.717) is 25.4 Å². The van der Waals surface area contributed by atoms with Gasteiger partial charge in [0.25, 0.3) is 5.91 Å². The maximum atomic E-state index is 13.6. The SMILES string of the molecule is CN1CCN(C(=O)COc2ccc3c(c2)C(c2ccc(F)cc2)N(C(=O)C2CC2)CC3)CC1. The van der Waals surface area contributed by atoms with Crippen molar-refractivity contribution < 1.29 is 18.7 Å². The van der Waals surface area contributed by atoms with Gasteiger partial charge in [0.05, 0.1) is 6.04 Å². The second-order valence-electron chi connectivity index (χ2n) is 9.34. The Bertz CT molecular complexity index is 1030. The lowest BCUT2D eigenvalue weighted by Crippen LogP contribution is -2.48. The number of likely N-dealkylation sites (N-methyl/N-ethyl adjacent to an activating group) is 1. The van der Waals surface area contributed by atoms with E-state index in [4.69, 9.17) is 4.74 Å². The zero-order valence-electron chi connectivity index (χ0n) is 19.0. The average molecular weight is 452 g/mol. The highest BCUT2D eigenvalue weighted by molar-refractivity contribution is 5.82. The van der Waals surface area contributed by atoms with Gasteiger partial charge in [-0.3, -0.25) is 9.59 Å². The van der Waals surface area contributed by atoms with E-state index < -0.39 is 0 Å². The first kappa shape index (κ1) is 21.9. The van der Waals surface area contributed by atoms with Gasteiger partial charge in [0.2, 0.25) is 5.91 Å². The maximum Gasteiger partial charge on any atom is 0.260 e. The van der Waals surface area contributed by atoms with Gasteiger partial charge in [-0.2, -0.15) is 0 Å². The van der Waals surface area contributed by atoms with Crippen molar-refractivity contribution in [2.45, 2.75) is 25.3 Å². The van der Waals surface area contributed by atoms with Gasteiger partial charge in [0, 0.05) is 38.6 Å². The van der Waals surface area contributed by atoms with Crippen molar-refractivity contribution in [1.82, 2.24) is 14.7 Å². The van der Waals surface area contributed by atoms with Crippen LogP contribution in [0.25, 0.3) is 0 Å². The van der Waals surface area contributed by atoms with Crippen molar-refractivity contribution in [3.05, 3.63) is 65.0 Å². The van der Waals surface area contributed by atoms with E-state index in [1.807, 2.05) is 28.0 Å². The monoisotopic (exact) mass is 451 g/mol. The van der Waals surface area contributed by atoms with E-state index >= 15 is 0 Å². The maximum absolute atomic E-state index is 13.6. The first-order valence-corrected chi connectivity index (χ1v) is 11.8. The molecule has 2 aromatic rings. The minimum Gasteiger partial charge on any atom is -0.484 e. The number of amides is 2. The fraction of sp³-hybridized carbons (Fsp3) is 0.462. The summed E-state index contributed by atoms with van der Waals surface area (Å²) >= 11 is 0. The normalized spacial score (nSPS) is 21.0. The third-order valence-electron chi connectivity index (χ3n) is 6.96. The molecule has 6 nitrogen and oxygen atoms in total. The van der Waals surface area contributed by atoms with Crippen molar-refractivity contribution in [2.24, 2.45) is 5.92 Å². The largest absolute Gasteiger partial charge is 0.484 e. The number of carbonyl (C=O) groups excluding carboxylic acids is 2. The molecule has 0 aromatic heterocycles. The summed E-state index contributed by atoms with van der Waals surface area (Å²) in [6.45, 7) is 3.81. The molecule has 33 heavy (non-hydrogen) atoms. The van der Waals surface area contributed by atoms with Crippen LogP contribution >= 0.6 is 0 Å². The third-order valence-corrected chi connectivity index (χ3v) is 6.96. The van der Waals surface area contributed by atoms with E-state index in [1.54, 1.807) is 12.1 Å². The van der Waals surface area contributed by atoms with Crippen molar-refractivity contribution >= 4 is 11.8 Å². The molecule has 5 rings (SSSR count). The Morgan fingerprint density at radius 2 is 1.73 bits per heavy atom. The number of fused-ring (bicyclic) bond motifs is 1. The molecule has 0 bridgehead atoms. The molecule has 7 heteroatoms. The van der Waals surface area contributed by atoms with Gasteiger partial charge < -0.3 is 19.4 Å². The molecule has 3 aliphatic rings. The Morgan fingerprint density at radius 3 is 2.42 bits per heavy atom. The molecule has 0 radical (unpaired) electrons. The van der Waals surface area contributed by atoms with Crippen molar-refractivity contribution in [3.8, 4) is 5.75 Å². The Kier molecular flexibility index (Phi) is 6.06. The fourth-order valence-corrected chi connectivity index (χ4v) is 4.78. The summed E-state index contributed by atoms with van der Waals surface area (Å²) < 4.78 is 19.5. The van der Waals surface area contributed by atoms with E-state index in [0.717, 1.165) is 49.0 Å². The van der Waals surface area contributed by atoms with E-state index in [1.165, 1.54) is 12.1 Å². The lowest BCUT2D eigenvalue weighted by Gasteiger charge is -2.38. The molecule has 0 spiro atoms. The lowest BCUT2D eigenvalue weighted by molar-refractivity contribution is -0.135. The molecular weight excluding hydrogens is 421 g/mol. The zero-order chi connectivity index (χ0) is 22.9. The number of ether oxygens (including phenoxy) is 1. The highest BCUT2D eigenvalue weighted by atomic mass is 19.1. The molecule has 2 amide bonds. The second kappa shape index (κ2) is 9.14. The molecule has 2 heterocycles. The summed E-state index contributed by atoms with van der Waals surface area (Å²) in [5.41, 5.74) is 3.03. The van der Waals surface area contributed by atoms with Crippen LogP contribution in [-0.2, 0) is 16.0 Å². The summed E-state index contributed by atoms with van der Waals surface area (Å²) in [4.78, 5) is 31.7. The average Bonchev–Trinajstić information content (AvgIpc) is 3.68. The number of hydrogen-bond acceptors (Lipinski definition) is 4. The standard InChI is InChI=1S/C26H30FN3O3/c1-28-12-14-29(15-13-28)24(31)17-33-22-9-6-18-10-11-30(26(32)20-2-3-20)25(23(18)16-22)19-4-7-21(27)8-5-19/h4-9,16,20,25H,2-3,10-15,17H2,1H3. The quantitative estimate of drug-likeness (QED) is 0.702. The van der Waals surface area contributed by atoms with Crippen LogP contribution in [0.2, 0.25) is 0 Å². The number of nitrogens with zero attached hydrogens (tertiary/aromatic N) is 3. The van der Waals surface area contributed by atoms with Crippen LogP contribution < -0.4 is 4.74 Å². The van der Waals surface area contributed by atoms with E-state index in [9.17, 15) is 14.0 Å². The summed E-state index contributed by atoms with van der Waals surface area (Å²) in [6, 6.07) is 12.0. The van der Waals surface area contributed by atoms with Crippen LogP contribution in [0.3, 0.4) is 0 Å². The first-order valence-electron chi connectivity index (χ1n) is 11.8. The Balaban J connectivity index is 1.38. The first-order chi connectivity index (χ1) is 16.0. The number of rotatable bonds is 5. The van der Waals surface area contributed by atoms with Crippen LogP contribution in [0.4, 0.5) is 4.39 Å². The third kappa shape index (κ3) is 4.74. The van der Waals surface area contributed by atoms with E-state index in [-0.39, 0.29) is 36.2 Å². The molecule has 0 N–H and O–H groups in total. The number of benzene rings is 2. The molecule has 174 valence electrons. The van der Waals surface area contributed by atoms with Gasteiger partial charge in [-0.15, -0.1) is 0 Å². The van der Waals surface area contributed by atoms with Crippen LogP contribution in [-0.4, -0.2) is 72.9 Å². The Hall–Kier alpha value is -2.93.